The van der Waals surface area contributed by atoms with Crippen molar-refractivity contribution in [1.82, 2.24) is 9.97 Å². The van der Waals surface area contributed by atoms with Gasteiger partial charge < -0.3 is 15.8 Å². The molecule has 1 aromatic heterocycles. The molecular formula is C4H7ClN4O2. The highest BCUT2D eigenvalue weighted by molar-refractivity contribution is 5.85. The Bertz CT molecular complexity index is 248. The number of rotatable bonds is 1. The van der Waals surface area contributed by atoms with Gasteiger partial charge in [0.05, 0.1) is 6.33 Å². The Morgan fingerprint density at radius 2 is 2.45 bits per heavy atom. The molecule has 0 saturated heterocycles. The normalized spacial score (nSPS) is 8.36. The number of imidazole rings is 1. The zero-order valence-corrected chi connectivity index (χ0v) is 6.18. The first kappa shape index (κ1) is 9.57. The van der Waals surface area contributed by atoms with Crippen LogP contribution in [0.5, 0.6) is 0 Å². The molecule has 0 aliphatic carbocycles. The Labute approximate surface area is 68.2 Å². The largest absolute Gasteiger partial charge is 0.465 e. The van der Waals surface area contributed by atoms with Crippen molar-refractivity contribution in [3.8, 4) is 0 Å². The number of H-pyrrole nitrogens is 1. The lowest BCUT2D eigenvalue weighted by Crippen LogP contribution is -2.08. The van der Waals surface area contributed by atoms with Gasteiger partial charge in [-0.15, -0.1) is 12.4 Å². The van der Waals surface area contributed by atoms with E-state index in [1.165, 1.54) is 6.33 Å². The molecular weight excluding hydrogens is 172 g/mol. The van der Waals surface area contributed by atoms with Crippen LogP contribution in [-0.4, -0.2) is 21.2 Å². The number of nitrogens with one attached hydrogen (secondary N) is 2. The summed E-state index contributed by atoms with van der Waals surface area (Å²) in [6.45, 7) is 0. The summed E-state index contributed by atoms with van der Waals surface area (Å²) in [7, 11) is 0. The maximum absolute atomic E-state index is 10.00. The van der Waals surface area contributed by atoms with Gasteiger partial charge in [0.2, 0.25) is 0 Å². The fourth-order valence-corrected chi connectivity index (χ4v) is 0.505. The molecule has 0 aliphatic heterocycles. The van der Waals surface area contributed by atoms with Crippen LogP contribution < -0.4 is 11.1 Å². The third-order valence-corrected chi connectivity index (χ3v) is 0.894. The lowest BCUT2D eigenvalue weighted by molar-refractivity contribution is 0.209. The quantitative estimate of drug-likeness (QED) is 0.503. The smallest absolute Gasteiger partial charge is 0.410 e. The van der Waals surface area contributed by atoms with Crippen LogP contribution in [0.1, 0.15) is 0 Å². The molecule has 1 aromatic rings. The van der Waals surface area contributed by atoms with Gasteiger partial charge >= 0.3 is 6.09 Å². The molecule has 6 nitrogen and oxygen atoms in total. The minimum Gasteiger partial charge on any atom is -0.465 e. The van der Waals surface area contributed by atoms with Crippen LogP contribution in [0.4, 0.5) is 16.4 Å². The van der Waals surface area contributed by atoms with E-state index in [0.717, 1.165) is 0 Å². The summed E-state index contributed by atoms with van der Waals surface area (Å²) in [5.74, 6) is 0.343. The minimum absolute atomic E-state index is 0. The molecule has 0 atom stereocenters. The highest BCUT2D eigenvalue weighted by Crippen LogP contribution is 2.09. The average molecular weight is 179 g/mol. The Balaban J connectivity index is 0.000001000. The summed E-state index contributed by atoms with van der Waals surface area (Å²) in [6.07, 6.45) is 0.124. The van der Waals surface area contributed by atoms with Gasteiger partial charge in [-0.05, 0) is 0 Å². The van der Waals surface area contributed by atoms with Crippen molar-refractivity contribution in [2.45, 2.75) is 0 Å². The van der Waals surface area contributed by atoms with Crippen molar-refractivity contribution in [3.63, 3.8) is 0 Å². The Morgan fingerprint density at radius 3 is 2.82 bits per heavy atom. The van der Waals surface area contributed by atoms with Gasteiger partial charge in [0.1, 0.15) is 5.82 Å². The molecule has 0 saturated carbocycles. The molecule has 0 aliphatic rings. The topological polar surface area (TPSA) is 104 Å². The minimum atomic E-state index is -1.18. The first-order valence-corrected chi connectivity index (χ1v) is 2.49. The molecule has 1 rings (SSSR count). The number of aromatic nitrogens is 2. The number of aromatic amines is 1. The molecule has 11 heavy (non-hydrogen) atoms. The summed E-state index contributed by atoms with van der Waals surface area (Å²) in [5.41, 5.74) is 5.24. The van der Waals surface area contributed by atoms with Gasteiger partial charge in [0, 0.05) is 0 Å². The van der Waals surface area contributed by atoms with E-state index < -0.39 is 6.09 Å². The number of nitrogen functional groups attached to an aromatic ring is 1. The molecule has 1 amide bonds. The van der Waals surface area contributed by atoms with Crippen molar-refractivity contribution in [1.29, 1.82) is 0 Å². The number of anilines is 2. The van der Waals surface area contributed by atoms with Crippen molar-refractivity contribution >= 4 is 30.1 Å². The number of amides is 1. The molecule has 0 spiro atoms. The summed E-state index contributed by atoms with van der Waals surface area (Å²) in [6, 6.07) is 0. The fourth-order valence-electron chi connectivity index (χ4n) is 0.505. The Morgan fingerprint density at radius 1 is 1.82 bits per heavy atom. The maximum Gasteiger partial charge on any atom is 0.410 e. The van der Waals surface area contributed by atoms with Gasteiger partial charge in [0.15, 0.2) is 5.82 Å². The monoisotopic (exact) mass is 178 g/mol. The molecule has 0 aromatic carbocycles. The van der Waals surface area contributed by atoms with E-state index in [1.54, 1.807) is 0 Å². The van der Waals surface area contributed by atoms with Crippen LogP contribution in [0.25, 0.3) is 0 Å². The second-order valence-corrected chi connectivity index (χ2v) is 1.59. The lowest BCUT2D eigenvalue weighted by Gasteiger charge is -1.93. The number of hydrogen-bond acceptors (Lipinski definition) is 3. The third kappa shape index (κ3) is 2.34. The van der Waals surface area contributed by atoms with Crippen molar-refractivity contribution in [3.05, 3.63) is 6.33 Å². The van der Waals surface area contributed by atoms with Crippen LogP contribution in [0, 0.1) is 0 Å². The van der Waals surface area contributed by atoms with E-state index in [2.05, 4.69) is 9.97 Å². The second-order valence-electron chi connectivity index (χ2n) is 1.59. The summed E-state index contributed by atoms with van der Waals surface area (Å²) < 4.78 is 0. The van der Waals surface area contributed by atoms with Crippen LogP contribution in [-0.2, 0) is 0 Å². The van der Waals surface area contributed by atoms with E-state index in [4.69, 9.17) is 10.8 Å². The first-order chi connectivity index (χ1) is 4.70. The van der Waals surface area contributed by atoms with E-state index in [0.29, 0.717) is 0 Å². The molecule has 0 radical (unpaired) electrons. The number of halogens is 1. The number of nitrogens with zero attached hydrogens (tertiary/aromatic N) is 1. The maximum atomic E-state index is 10.00. The van der Waals surface area contributed by atoms with Gasteiger partial charge in [-0.2, -0.15) is 0 Å². The number of carboxylic acid groups (broad SMARTS) is 1. The van der Waals surface area contributed by atoms with Crippen LogP contribution in [0.3, 0.4) is 0 Å². The van der Waals surface area contributed by atoms with Crippen molar-refractivity contribution < 1.29 is 9.90 Å². The van der Waals surface area contributed by atoms with Crippen LogP contribution in [0.2, 0.25) is 0 Å². The van der Waals surface area contributed by atoms with Crippen molar-refractivity contribution in [2.75, 3.05) is 11.1 Å². The van der Waals surface area contributed by atoms with Crippen LogP contribution >= 0.6 is 12.4 Å². The fraction of sp³-hybridized carbons (Fsp3) is 0. The molecule has 0 unspecified atom stereocenters. The molecule has 0 bridgehead atoms. The average Bonchev–Trinajstić information content (AvgIpc) is 2.15. The van der Waals surface area contributed by atoms with Gasteiger partial charge in [-0.1, -0.05) is 0 Å². The first-order valence-electron chi connectivity index (χ1n) is 2.49. The molecule has 0 fully saturated rings. The molecule has 5 N–H and O–H groups in total. The number of nitrogens with two attached hydrogens (primary N) is 1. The van der Waals surface area contributed by atoms with Gasteiger partial charge in [0.25, 0.3) is 0 Å². The van der Waals surface area contributed by atoms with Crippen molar-refractivity contribution in [2.24, 2.45) is 0 Å². The highest BCUT2D eigenvalue weighted by Gasteiger charge is 2.02. The SMILES string of the molecule is Cl.Nc1[nH]cnc1NC(=O)O. The summed E-state index contributed by atoms with van der Waals surface area (Å²) >= 11 is 0. The predicted octanol–water partition coefficient (Wildman–Crippen LogP) is 0.504. The predicted molar refractivity (Wildman–Crippen MR) is 41.9 cm³/mol. The van der Waals surface area contributed by atoms with Crippen LogP contribution in [0.15, 0.2) is 6.33 Å². The summed E-state index contributed by atoms with van der Waals surface area (Å²) in [4.78, 5) is 16.1. The van der Waals surface area contributed by atoms with E-state index in [1.807, 2.05) is 5.32 Å². The molecule has 62 valence electrons. The zero-order valence-electron chi connectivity index (χ0n) is 5.37. The Kier molecular flexibility index (Phi) is 3.19. The number of hydrogen-bond donors (Lipinski definition) is 4. The standard InChI is InChI=1S/C4H6N4O2.ClH/c5-2-3(7-1-6-2)8-4(9)10;/h1,8H,5H2,(H,6,7)(H,9,10);1H. The summed E-state index contributed by atoms with van der Waals surface area (Å²) in [5, 5.41) is 10.2. The van der Waals surface area contributed by atoms with Gasteiger partial charge in [-0.3, -0.25) is 5.32 Å². The van der Waals surface area contributed by atoms with E-state index >= 15 is 0 Å². The highest BCUT2D eigenvalue weighted by atomic mass is 35.5. The van der Waals surface area contributed by atoms with E-state index in [-0.39, 0.29) is 24.0 Å². The zero-order chi connectivity index (χ0) is 7.56. The number of carbonyl (C=O) groups is 1. The second kappa shape index (κ2) is 3.67. The third-order valence-electron chi connectivity index (χ3n) is 0.894. The van der Waals surface area contributed by atoms with E-state index in [9.17, 15) is 4.79 Å². The molecule has 1 heterocycles. The molecule has 7 heteroatoms. The van der Waals surface area contributed by atoms with Gasteiger partial charge in [-0.25, -0.2) is 9.78 Å². The lowest BCUT2D eigenvalue weighted by atomic mass is 10.6. The Hall–Kier alpha value is -1.43.